The summed E-state index contributed by atoms with van der Waals surface area (Å²) in [7, 11) is 3.04. The van der Waals surface area contributed by atoms with Crippen LogP contribution in [0.25, 0.3) is 0 Å². The summed E-state index contributed by atoms with van der Waals surface area (Å²) in [5.41, 5.74) is 2.67. The lowest BCUT2D eigenvalue weighted by Crippen LogP contribution is -2.40. The molecule has 0 unspecified atom stereocenters. The summed E-state index contributed by atoms with van der Waals surface area (Å²) < 4.78 is 10.4. The van der Waals surface area contributed by atoms with Crippen LogP contribution in [0.5, 0.6) is 0 Å². The van der Waals surface area contributed by atoms with E-state index in [-0.39, 0.29) is 0 Å². The molecule has 0 aliphatic heterocycles. The lowest BCUT2D eigenvalue weighted by Gasteiger charge is -2.27. The van der Waals surface area contributed by atoms with E-state index in [1.807, 2.05) is 31.2 Å². The zero-order valence-corrected chi connectivity index (χ0v) is 10.7. The maximum atomic E-state index is 9.07. The molecule has 4 heteroatoms. The van der Waals surface area contributed by atoms with E-state index in [1.165, 1.54) is 19.8 Å². The lowest BCUT2D eigenvalue weighted by atomic mass is 10.0. The zero-order valence-electron chi connectivity index (χ0n) is 10.7. The van der Waals surface area contributed by atoms with Gasteiger partial charge in [-0.3, -0.25) is 0 Å². The fourth-order valence-electron chi connectivity index (χ4n) is 1.50. The van der Waals surface area contributed by atoms with Crippen molar-refractivity contribution >= 4 is 5.71 Å². The van der Waals surface area contributed by atoms with E-state index in [0.717, 1.165) is 5.56 Å². The van der Waals surface area contributed by atoms with Crippen molar-refractivity contribution in [2.45, 2.75) is 26.1 Å². The van der Waals surface area contributed by atoms with Crippen molar-refractivity contribution in [1.29, 1.82) is 0 Å². The predicted octanol–water partition coefficient (Wildman–Crippen LogP) is 2.38. The molecule has 0 atom stereocenters. The van der Waals surface area contributed by atoms with E-state index in [2.05, 4.69) is 5.16 Å². The van der Waals surface area contributed by atoms with E-state index in [1.54, 1.807) is 6.92 Å². The molecule has 1 N–H and O–H groups in total. The van der Waals surface area contributed by atoms with Crippen molar-refractivity contribution in [3.05, 3.63) is 35.4 Å². The molecule has 0 spiro atoms. The molecule has 0 aliphatic carbocycles. The molecule has 0 bridgehead atoms. The van der Waals surface area contributed by atoms with Crippen LogP contribution in [0.1, 0.15) is 18.1 Å². The predicted molar refractivity (Wildman–Crippen MR) is 66.5 cm³/mol. The van der Waals surface area contributed by atoms with Gasteiger partial charge in [0.15, 0.2) is 0 Å². The molecule has 0 amide bonds. The molecule has 1 rings (SSSR count). The number of rotatable bonds is 5. The fourth-order valence-corrected chi connectivity index (χ4v) is 1.50. The van der Waals surface area contributed by atoms with Gasteiger partial charge in [-0.1, -0.05) is 35.0 Å². The largest absolute Gasteiger partial charge is 0.411 e. The van der Waals surface area contributed by atoms with Gasteiger partial charge in [-0.2, -0.15) is 0 Å². The fraction of sp³-hybridized carbons (Fsp3) is 0.462. The first-order valence-electron chi connectivity index (χ1n) is 5.43. The van der Waals surface area contributed by atoms with Crippen LogP contribution in [0, 0.1) is 6.92 Å². The van der Waals surface area contributed by atoms with Gasteiger partial charge in [0, 0.05) is 20.6 Å². The maximum absolute atomic E-state index is 9.07. The van der Waals surface area contributed by atoms with Crippen LogP contribution >= 0.6 is 0 Å². The van der Waals surface area contributed by atoms with Crippen molar-refractivity contribution in [2.24, 2.45) is 5.16 Å². The number of methoxy groups -OCH3 is 2. The Balaban J connectivity index is 2.88. The number of benzene rings is 1. The van der Waals surface area contributed by atoms with Crippen molar-refractivity contribution in [1.82, 2.24) is 0 Å². The van der Waals surface area contributed by atoms with Crippen LogP contribution in [0.3, 0.4) is 0 Å². The third kappa shape index (κ3) is 3.28. The number of nitrogens with zero attached hydrogens (tertiary/aromatic N) is 1. The summed E-state index contributed by atoms with van der Waals surface area (Å²) in [4.78, 5) is 0. The van der Waals surface area contributed by atoms with Gasteiger partial charge < -0.3 is 14.7 Å². The Kier molecular flexibility index (Phi) is 4.66. The van der Waals surface area contributed by atoms with Crippen LogP contribution in [0.4, 0.5) is 0 Å². The average molecular weight is 237 g/mol. The molecule has 1 aromatic rings. The van der Waals surface area contributed by atoms with Crippen molar-refractivity contribution in [3.63, 3.8) is 0 Å². The molecule has 0 aromatic heterocycles. The van der Waals surface area contributed by atoms with Crippen molar-refractivity contribution < 1.29 is 14.7 Å². The second-order valence-corrected chi connectivity index (χ2v) is 4.06. The number of hydrogen-bond acceptors (Lipinski definition) is 4. The van der Waals surface area contributed by atoms with E-state index in [4.69, 9.17) is 14.7 Å². The Morgan fingerprint density at radius 2 is 1.76 bits per heavy atom. The van der Waals surface area contributed by atoms with E-state index in [0.29, 0.717) is 12.1 Å². The summed E-state index contributed by atoms with van der Waals surface area (Å²) in [5.74, 6) is -1.00. The summed E-state index contributed by atoms with van der Waals surface area (Å²) in [6, 6.07) is 8.01. The standard InChI is InChI=1S/C13H19NO3/c1-10-5-7-11(8-6-10)9-12(14-15)13(2,16-3)17-4/h5-8,15H,9H2,1-4H3/b14-12+. The van der Waals surface area contributed by atoms with Crippen LogP contribution in [-0.2, 0) is 15.9 Å². The molecule has 0 saturated heterocycles. The van der Waals surface area contributed by atoms with Gasteiger partial charge in [-0.25, -0.2) is 0 Å². The Bertz CT molecular complexity index is 380. The third-order valence-corrected chi connectivity index (χ3v) is 2.92. The van der Waals surface area contributed by atoms with Gasteiger partial charge >= 0.3 is 0 Å². The highest BCUT2D eigenvalue weighted by Crippen LogP contribution is 2.17. The van der Waals surface area contributed by atoms with Crippen LogP contribution in [0.15, 0.2) is 29.4 Å². The number of aryl methyl sites for hydroxylation is 1. The van der Waals surface area contributed by atoms with Gasteiger partial charge in [0.05, 0.1) is 0 Å². The van der Waals surface area contributed by atoms with Crippen molar-refractivity contribution in [2.75, 3.05) is 14.2 Å². The SMILES string of the molecule is COC(C)(OC)/C(Cc1ccc(C)cc1)=N/O. The van der Waals surface area contributed by atoms with Gasteiger partial charge in [0.25, 0.3) is 0 Å². The summed E-state index contributed by atoms with van der Waals surface area (Å²) >= 11 is 0. The molecule has 17 heavy (non-hydrogen) atoms. The zero-order chi connectivity index (χ0) is 12.9. The van der Waals surface area contributed by atoms with E-state index in [9.17, 15) is 0 Å². The number of oxime groups is 1. The molecule has 0 fully saturated rings. The van der Waals surface area contributed by atoms with E-state index >= 15 is 0 Å². The van der Waals surface area contributed by atoms with Crippen LogP contribution < -0.4 is 0 Å². The average Bonchev–Trinajstić information content (AvgIpc) is 2.37. The van der Waals surface area contributed by atoms with Crippen LogP contribution in [0.2, 0.25) is 0 Å². The highest BCUT2D eigenvalue weighted by molar-refractivity contribution is 5.92. The molecular weight excluding hydrogens is 218 g/mol. The lowest BCUT2D eigenvalue weighted by molar-refractivity contribution is -0.141. The minimum Gasteiger partial charge on any atom is -0.411 e. The smallest absolute Gasteiger partial charge is 0.208 e. The quantitative estimate of drug-likeness (QED) is 0.370. The molecule has 0 saturated carbocycles. The first-order valence-corrected chi connectivity index (χ1v) is 5.43. The molecule has 0 aliphatic rings. The van der Waals surface area contributed by atoms with E-state index < -0.39 is 5.79 Å². The first kappa shape index (κ1) is 13.7. The van der Waals surface area contributed by atoms with Crippen molar-refractivity contribution in [3.8, 4) is 0 Å². The highest BCUT2D eigenvalue weighted by Gasteiger charge is 2.30. The first-order chi connectivity index (χ1) is 8.05. The third-order valence-electron chi connectivity index (χ3n) is 2.92. The van der Waals surface area contributed by atoms with Gasteiger partial charge in [0.2, 0.25) is 5.79 Å². The van der Waals surface area contributed by atoms with Crippen LogP contribution in [-0.4, -0.2) is 30.9 Å². The second kappa shape index (κ2) is 5.80. The summed E-state index contributed by atoms with van der Waals surface area (Å²) in [5, 5.41) is 12.4. The molecular formula is C13H19NO3. The number of hydrogen-bond donors (Lipinski definition) is 1. The molecule has 4 nitrogen and oxygen atoms in total. The van der Waals surface area contributed by atoms with Gasteiger partial charge in [-0.05, 0) is 19.4 Å². The highest BCUT2D eigenvalue weighted by atomic mass is 16.7. The summed E-state index contributed by atoms with van der Waals surface area (Å²) in [6.45, 7) is 3.75. The molecule has 0 heterocycles. The molecule has 94 valence electrons. The maximum Gasteiger partial charge on any atom is 0.208 e. The topological polar surface area (TPSA) is 51.0 Å². The molecule has 0 radical (unpaired) electrons. The molecule has 1 aromatic carbocycles. The minimum absolute atomic E-state index is 0.436. The summed E-state index contributed by atoms with van der Waals surface area (Å²) in [6.07, 6.45) is 0.481. The Morgan fingerprint density at radius 1 is 1.24 bits per heavy atom. The minimum atomic E-state index is -1.00. The second-order valence-electron chi connectivity index (χ2n) is 4.06. The van der Waals surface area contributed by atoms with Gasteiger partial charge in [0.1, 0.15) is 5.71 Å². The van der Waals surface area contributed by atoms with Gasteiger partial charge in [-0.15, -0.1) is 0 Å². The normalized spacial score (nSPS) is 12.8. The number of ether oxygens (including phenoxy) is 2. The monoisotopic (exact) mass is 237 g/mol. The Morgan fingerprint density at radius 3 is 2.18 bits per heavy atom. The Hall–Kier alpha value is -1.39. The Labute approximate surface area is 102 Å².